The van der Waals surface area contributed by atoms with Crippen LogP contribution in [0.1, 0.15) is 80.3 Å². The van der Waals surface area contributed by atoms with Gasteiger partial charge >= 0.3 is 0 Å². The molecule has 3 unspecified atom stereocenters. The molecule has 4 fully saturated rings. The van der Waals surface area contributed by atoms with Gasteiger partial charge in [-0.25, -0.2) is 22.2 Å². The Kier molecular flexibility index (Phi) is 7.14. The number of aromatic nitrogens is 1. The smallest absolute Gasteiger partial charge is 0.248 e. The molecule has 1 aliphatic heterocycles. The molecule has 0 radical (unpaired) electrons. The summed E-state index contributed by atoms with van der Waals surface area (Å²) >= 11 is 1.47. The SMILES string of the molecule is N#CC1(NC(=O)C2CCCCC2c2nc(C3CCC(F)(F)C3)sc2-c2ccc(N3CCS(=O)(=O)CC3)cc2)CC1. The fourth-order valence-corrected chi connectivity index (χ4v) is 8.90. The molecular weight excluding hydrogens is 554 g/mol. The molecule has 1 saturated heterocycles. The van der Waals surface area contributed by atoms with Crippen LogP contribution in [0.15, 0.2) is 24.3 Å². The first-order valence-electron chi connectivity index (χ1n) is 14.2. The molecule has 214 valence electrons. The molecule has 4 aliphatic rings. The van der Waals surface area contributed by atoms with Crippen molar-refractivity contribution in [2.45, 2.75) is 81.1 Å². The van der Waals surface area contributed by atoms with Crippen LogP contribution in [-0.2, 0) is 14.6 Å². The Morgan fingerprint density at radius 1 is 1.07 bits per heavy atom. The predicted molar refractivity (Wildman–Crippen MR) is 150 cm³/mol. The number of sulfone groups is 1. The second-order valence-corrected chi connectivity index (χ2v) is 15.3. The van der Waals surface area contributed by atoms with Crippen LogP contribution in [0.25, 0.3) is 10.4 Å². The number of halogens is 2. The highest BCUT2D eigenvalue weighted by Gasteiger charge is 2.47. The van der Waals surface area contributed by atoms with Gasteiger partial charge in [-0.1, -0.05) is 25.0 Å². The van der Waals surface area contributed by atoms with E-state index in [0.717, 1.165) is 41.1 Å². The number of nitrogens with one attached hydrogen (secondary N) is 1. The molecule has 1 N–H and O–H groups in total. The predicted octanol–water partition coefficient (Wildman–Crippen LogP) is 5.39. The molecule has 3 aliphatic carbocycles. The van der Waals surface area contributed by atoms with Gasteiger partial charge in [-0.15, -0.1) is 11.3 Å². The number of thiazole rings is 1. The van der Waals surface area contributed by atoms with Gasteiger partial charge in [0.25, 0.3) is 0 Å². The first-order chi connectivity index (χ1) is 19.1. The fourth-order valence-electron chi connectivity index (χ4n) is 6.43. The molecule has 11 heteroatoms. The zero-order valence-electron chi connectivity index (χ0n) is 22.4. The first-order valence-corrected chi connectivity index (χ1v) is 16.9. The van der Waals surface area contributed by atoms with E-state index < -0.39 is 21.3 Å². The van der Waals surface area contributed by atoms with Gasteiger partial charge in [0, 0.05) is 49.4 Å². The van der Waals surface area contributed by atoms with Crippen molar-refractivity contribution in [3.63, 3.8) is 0 Å². The molecule has 0 bridgehead atoms. The topological polar surface area (TPSA) is 103 Å². The van der Waals surface area contributed by atoms with E-state index in [1.807, 2.05) is 24.3 Å². The fraction of sp³-hybridized carbons (Fsp3) is 0.621. The van der Waals surface area contributed by atoms with E-state index in [2.05, 4.69) is 16.3 Å². The highest BCUT2D eigenvalue weighted by molar-refractivity contribution is 7.91. The molecule has 1 amide bonds. The van der Waals surface area contributed by atoms with Crippen LogP contribution in [0.4, 0.5) is 14.5 Å². The number of carbonyl (C=O) groups excluding carboxylic acids is 1. The number of rotatable bonds is 6. The number of hydrogen-bond acceptors (Lipinski definition) is 7. The molecule has 1 aromatic carbocycles. The maximum Gasteiger partial charge on any atom is 0.248 e. The Morgan fingerprint density at radius 3 is 2.40 bits per heavy atom. The summed E-state index contributed by atoms with van der Waals surface area (Å²) in [5.41, 5.74) is 1.95. The molecular formula is C29H34F2N4O3S2. The maximum absolute atomic E-state index is 14.2. The van der Waals surface area contributed by atoms with Gasteiger partial charge < -0.3 is 10.2 Å². The van der Waals surface area contributed by atoms with Crippen molar-refractivity contribution >= 4 is 32.8 Å². The van der Waals surface area contributed by atoms with E-state index in [9.17, 15) is 27.3 Å². The van der Waals surface area contributed by atoms with Crippen LogP contribution in [0.5, 0.6) is 0 Å². The Morgan fingerprint density at radius 2 is 1.77 bits per heavy atom. The normalized spacial score (nSPS) is 28.5. The number of amides is 1. The average molecular weight is 589 g/mol. The third kappa shape index (κ3) is 5.62. The lowest BCUT2D eigenvalue weighted by Crippen LogP contribution is -2.42. The largest absolute Gasteiger partial charge is 0.369 e. The van der Waals surface area contributed by atoms with E-state index >= 15 is 0 Å². The van der Waals surface area contributed by atoms with E-state index in [0.29, 0.717) is 43.8 Å². The molecule has 6 rings (SSSR count). The van der Waals surface area contributed by atoms with E-state index in [-0.39, 0.29) is 48.0 Å². The monoisotopic (exact) mass is 588 g/mol. The van der Waals surface area contributed by atoms with Gasteiger partial charge in [0.05, 0.1) is 33.2 Å². The van der Waals surface area contributed by atoms with E-state index in [1.54, 1.807) is 0 Å². The van der Waals surface area contributed by atoms with Crippen LogP contribution in [0.2, 0.25) is 0 Å². The van der Waals surface area contributed by atoms with Crippen molar-refractivity contribution in [2.24, 2.45) is 5.92 Å². The summed E-state index contributed by atoms with van der Waals surface area (Å²) in [5, 5.41) is 13.2. The third-order valence-corrected chi connectivity index (χ3v) is 11.9. The van der Waals surface area contributed by atoms with Crippen molar-refractivity contribution in [3.8, 4) is 16.5 Å². The number of alkyl halides is 2. The molecule has 0 spiro atoms. The first kappa shape index (κ1) is 27.6. The van der Waals surface area contributed by atoms with Crippen molar-refractivity contribution in [3.05, 3.63) is 35.0 Å². The Bertz CT molecular complexity index is 1420. The average Bonchev–Trinajstić information content (AvgIpc) is 3.41. The van der Waals surface area contributed by atoms with Crippen molar-refractivity contribution < 1.29 is 22.0 Å². The number of anilines is 1. The van der Waals surface area contributed by atoms with Gasteiger partial charge in [-0.3, -0.25) is 4.79 Å². The van der Waals surface area contributed by atoms with E-state index in [1.165, 1.54) is 11.3 Å². The lowest BCUT2D eigenvalue weighted by molar-refractivity contribution is -0.127. The van der Waals surface area contributed by atoms with Gasteiger partial charge in [-0.2, -0.15) is 5.26 Å². The Balaban J connectivity index is 1.32. The maximum atomic E-state index is 14.2. The van der Waals surface area contributed by atoms with Crippen LogP contribution < -0.4 is 10.2 Å². The number of benzene rings is 1. The van der Waals surface area contributed by atoms with Gasteiger partial charge in [0.1, 0.15) is 5.54 Å². The molecule has 3 saturated carbocycles. The minimum Gasteiger partial charge on any atom is -0.369 e. The Labute approximate surface area is 237 Å². The lowest BCUT2D eigenvalue weighted by atomic mass is 9.76. The van der Waals surface area contributed by atoms with Crippen LogP contribution in [0, 0.1) is 17.2 Å². The second-order valence-electron chi connectivity index (χ2n) is 11.9. The summed E-state index contributed by atoms with van der Waals surface area (Å²) in [4.78, 5) is 21.4. The Hall–Kier alpha value is -2.58. The standard InChI is InChI=1S/C29H34F2N4O3S2/c30-29(31)10-9-20(17-29)27-33-24(22-3-1-2-4-23(22)26(36)34-28(18-32)11-12-28)25(39-27)19-5-7-21(8-6-19)35-13-15-40(37,38)16-14-35/h5-8,20,22-23H,1-4,9-17H2,(H,34,36). The number of nitrogens with zero attached hydrogens (tertiary/aromatic N) is 3. The molecule has 1 aromatic heterocycles. The molecule has 2 heterocycles. The summed E-state index contributed by atoms with van der Waals surface area (Å²) in [7, 11) is -2.98. The zero-order valence-corrected chi connectivity index (χ0v) is 24.0. The van der Waals surface area contributed by atoms with Crippen LogP contribution >= 0.6 is 11.3 Å². The molecule has 40 heavy (non-hydrogen) atoms. The summed E-state index contributed by atoms with van der Waals surface area (Å²) in [6, 6.07) is 10.2. The second kappa shape index (κ2) is 10.4. The van der Waals surface area contributed by atoms with Crippen molar-refractivity contribution in [2.75, 3.05) is 29.5 Å². The highest BCUT2D eigenvalue weighted by Crippen LogP contribution is 2.50. The van der Waals surface area contributed by atoms with Crippen molar-refractivity contribution in [1.82, 2.24) is 10.3 Å². The number of carbonyl (C=O) groups is 1. The summed E-state index contributed by atoms with van der Waals surface area (Å²) in [6.07, 6.45) is 4.79. The molecule has 7 nitrogen and oxygen atoms in total. The highest BCUT2D eigenvalue weighted by atomic mass is 32.2. The molecule has 3 atom stereocenters. The summed E-state index contributed by atoms with van der Waals surface area (Å²) in [6.45, 7) is 0.910. The number of nitriles is 1. The molecule has 2 aromatic rings. The lowest BCUT2D eigenvalue weighted by Gasteiger charge is -2.31. The van der Waals surface area contributed by atoms with Gasteiger partial charge in [0.2, 0.25) is 11.8 Å². The van der Waals surface area contributed by atoms with Gasteiger partial charge in [0.15, 0.2) is 9.84 Å². The quantitative estimate of drug-likeness (QED) is 0.485. The number of hydrogen-bond donors (Lipinski definition) is 1. The third-order valence-electron chi connectivity index (χ3n) is 9.04. The van der Waals surface area contributed by atoms with Crippen LogP contribution in [-0.4, -0.2) is 55.4 Å². The van der Waals surface area contributed by atoms with Crippen LogP contribution in [0.3, 0.4) is 0 Å². The zero-order chi connectivity index (χ0) is 28.1. The minimum absolute atomic E-state index is 0.105. The van der Waals surface area contributed by atoms with Gasteiger partial charge in [-0.05, 0) is 49.8 Å². The summed E-state index contributed by atoms with van der Waals surface area (Å²) in [5.74, 6) is -3.25. The summed E-state index contributed by atoms with van der Waals surface area (Å²) < 4.78 is 52.0. The minimum atomic E-state index is -2.98. The van der Waals surface area contributed by atoms with Crippen molar-refractivity contribution in [1.29, 1.82) is 5.26 Å². The van der Waals surface area contributed by atoms with E-state index in [4.69, 9.17) is 4.98 Å².